The van der Waals surface area contributed by atoms with E-state index < -0.39 is 0 Å². The molecule has 0 saturated carbocycles. The summed E-state index contributed by atoms with van der Waals surface area (Å²) in [7, 11) is 0. The molecule has 0 saturated heterocycles. The van der Waals surface area contributed by atoms with Crippen molar-refractivity contribution in [1.82, 2.24) is 9.97 Å². The summed E-state index contributed by atoms with van der Waals surface area (Å²) in [4.78, 5) is 25.0. The molecule has 1 amide bonds. The molecule has 0 fully saturated rings. The van der Waals surface area contributed by atoms with E-state index in [2.05, 4.69) is 20.3 Å². The number of nitrogens with zero attached hydrogens (tertiary/aromatic N) is 3. The summed E-state index contributed by atoms with van der Waals surface area (Å²) in [6.45, 7) is 2.02. The van der Waals surface area contributed by atoms with Gasteiger partial charge in [0, 0.05) is 24.1 Å². The lowest BCUT2D eigenvalue weighted by molar-refractivity contribution is 0.102. The number of hydrogen-bond acceptors (Lipinski definition) is 6. The van der Waals surface area contributed by atoms with Crippen LogP contribution in [0.3, 0.4) is 0 Å². The summed E-state index contributed by atoms with van der Waals surface area (Å²) in [6, 6.07) is 5.16. The van der Waals surface area contributed by atoms with Crippen molar-refractivity contribution in [3.05, 3.63) is 53.1 Å². The van der Waals surface area contributed by atoms with Gasteiger partial charge in [-0.1, -0.05) is 23.4 Å². The number of aromatic nitrogens is 2. The molecule has 1 unspecified atom stereocenters. The minimum atomic E-state index is -0.306. The Morgan fingerprint density at radius 2 is 2.21 bits per heavy atom. The van der Waals surface area contributed by atoms with Gasteiger partial charge in [0.15, 0.2) is 5.17 Å². The highest BCUT2D eigenvalue weighted by molar-refractivity contribution is 8.13. The predicted octanol–water partition coefficient (Wildman–Crippen LogP) is 2.92. The normalized spacial score (nSPS) is 20.3. The minimum absolute atomic E-state index is 0.0398. The van der Waals surface area contributed by atoms with E-state index in [-0.39, 0.29) is 17.9 Å². The third-order valence-electron chi connectivity index (χ3n) is 3.79. The molecule has 24 heavy (non-hydrogen) atoms. The second-order valence-corrected chi connectivity index (χ2v) is 6.88. The van der Waals surface area contributed by atoms with Crippen molar-refractivity contribution in [2.75, 3.05) is 11.1 Å². The molecule has 0 bridgehead atoms. The van der Waals surface area contributed by atoms with Gasteiger partial charge in [-0.2, -0.15) is 0 Å². The number of carbonyl (C=O) groups is 1. The first-order valence-corrected chi connectivity index (χ1v) is 8.74. The highest BCUT2D eigenvalue weighted by Gasteiger charge is 2.26. The molecule has 2 atom stereocenters. The number of carbonyl (C=O) groups excluding carboxylic acids is 1. The van der Waals surface area contributed by atoms with Crippen LogP contribution < -0.4 is 11.1 Å². The van der Waals surface area contributed by atoms with Crippen molar-refractivity contribution in [1.29, 1.82) is 0 Å². The summed E-state index contributed by atoms with van der Waals surface area (Å²) < 4.78 is 0. The largest absolute Gasteiger partial charge is 0.379 e. The number of aliphatic imine (C=N–C) groups is 1. The van der Waals surface area contributed by atoms with Gasteiger partial charge in [0.25, 0.3) is 5.91 Å². The zero-order chi connectivity index (χ0) is 17.1. The van der Waals surface area contributed by atoms with Crippen molar-refractivity contribution in [3.8, 4) is 0 Å². The molecule has 1 aliphatic rings. The van der Waals surface area contributed by atoms with Crippen LogP contribution in [0.1, 0.15) is 28.9 Å². The van der Waals surface area contributed by atoms with E-state index in [1.807, 2.05) is 13.0 Å². The summed E-state index contributed by atoms with van der Waals surface area (Å²) in [6.07, 6.45) is 4.80. The van der Waals surface area contributed by atoms with Crippen LogP contribution >= 0.6 is 23.4 Å². The van der Waals surface area contributed by atoms with Crippen LogP contribution in [0.15, 0.2) is 41.8 Å². The topological polar surface area (TPSA) is 93.3 Å². The zero-order valence-electron chi connectivity index (χ0n) is 12.9. The third-order valence-corrected chi connectivity index (χ3v) is 4.94. The summed E-state index contributed by atoms with van der Waals surface area (Å²) >= 11 is 7.32. The quantitative estimate of drug-likeness (QED) is 0.876. The average Bonchev–Trinajstić information content (AvgIpc) is 2.56. The second-order valence-electron chi connectivity index (χ2n) is 5.40. The molecule has 3 rings (SSSR count). The minimum Gasteiger partial charge on any atom is -0.379 e. The third kappa shape index (κ3) is 3.68. The van der Waals surface area contributed by atoms with Gasteiger partial charge in [-0.15, -0.1) is 0 Å². The fraction of sp³-hybridized carbons (Fsp3) is 0.250. The number of pyridine rings is 2. The van der Waals surface area contributed by atoms with Crippen LogP contribution in [0, 0.1) is 0 Å². The molecule has 124 valence electrons. The molecule has 2 aromatic rings. The van der Waals surface area contributed by atoms with Crippen LogP contribution in [0.5, 0.6) is 0 Å². The first kappa shape index (κ1) is 16.7. The highest BCUT2D eigenvalue weighted by atomic mass is 35.5. The molecular weight excluding hydrogens is 346 g/mol. The van der Waals surface area contributed by atoms with Gasteiger partial charge in [0.2, 0.25) is 0 Å². The molecule has 0 aliphatic carbocycles. The molecule has 0 radical (unpaired) electrons. The van der Waals surface area contributed by atoms with Crippen molar-refractivity contribution in [2.45, 2.75) is 18.9 Å². The molecule has 0 spiro atoms. The van der Waals surface area contributed by atoms with E-state index in [4.69, 9.17) is 17.3 Å². The van der Waals surface area contributed by atoms with Crippen LogP contribution in [0.2, 0.25) is 5.02 Å². The molecule has 2 aromatic heterocycles. The zero-order valence-corrected chi connectivity index (χ0v) is 14.5. The van der Waals surface area contributed by atoms with E-state index in [9.17, 15) is 4.79 Å². The lowest BCUT2D eigenvalue weighted by Crippen LogP contribution is -2.27. The van der Waals surface area contributed by atoms with Crippen molar-refractivity contribution in [3.63, 3.8) is 0 Å². The average molecular weight is 362 g/mol. The maximum atomic E-state index is 12.4. The van der Waals surface area contributed by atoms with Crippen LogP contribution in [-0.4, -0.2) is 32.8 Å². The lowest BCUT2D eigenvalue weighted by atomic mass is 9.94. The maximum absolute atomic E-state index is 12.4. The fourth-order valence-electron chi connectivity index (χ4n) is 2.52. The van der Waals surface area contributed by atoms with Crippen molar-refractivity contribution < 1.29 is 4.79 Å². The second kappa shape index (κ2) is 7.19. The van der Waals surface area contributed by atoms with Gasteiger partial charge in [-0.25, -0.2) is 4.98 Å². The Kier molecular flexibility index (Phi) is 5.01. The number of amidine groups is 1. The van der Waals surface area contributed by atoms with Gasteiger partial charge in [0.05, 0.1) is 22.9 Å². The first-order valence-electron chi connectivity index (χ1n) is 7.37. The van der Waals surface area contributed by atoms with Gasteiger partial charge < -0.3 is 11.1 Å². The number of hydrogen-bond donors (Lipinski definition) is 2. The summed E-state index contributed by atoms with van der Waals surface area (Å²) in [5.74, 6) is 0.654. The Morgan fingerprint density at radius 3 is 2.92 bits per heavy atom. The number of amides is 1. The fourth-order valence-corrected chi connectivity index (χ4v) is 3.68. The standard InChI is InChI=1S/C16H16ClN5OS/c1-9-12(8-24-16(18)21-9)11-4-5-19-7-14(11)22-15(23)13-3-2-10(17)6-20-13/h2-7,9,12H,8H2,1H3,(H2,18,21)(H,22,23)/t9-,12?/m0/s1. The Labute approximate surface area is 148 Å². The Bertz CT molecular complexity index is 780. The molecule has 3 heterocycles. The van der Waals surface area contributed by atoms with Crippen LogP contribution in [-0.2, 0) is 0 Å². The first-order chi connectivity index (χ1) is 11.5. The Balaban J connectivity index is 1.84. The number of nitrogens with one attached hydrogen (secondary N) is 1. The molecular formula is C16H16ClN5OS. The predicted molar refractivity (Wildman–Crippen MR) is 97.7 cm³/mol. The van der Waals surface area contributed by atoms with Crippen molar-refractivity contribution >= 4 is 40.1 Å². The molecule has 6 nitrogen and oxygen atoms in total. The molecule has 3 N–H and O–H groups in total. The summed E-state index contributed by atoms with van der Waals surface area (Å²) in [5, 5.41) is 3.96. The number of halogens is 1. The maximum Gasteiger partial charge on any atom is 0.274 e. The van der Waals surface area contributed by atoms with E-state index in [0.29, 0.717) is 21.6 Å². The molecule has 1 aliphatic heterocycles. The van der Waals surface area contributed by atoms with Gasteiger partial charge in [-0.05, 0) is 30.7 Å². The van der Waals surface area contributed by atoms with E-state index in [1.54, 1.807) is 24.5 Å². The van der Waals surface area contributed by atoms with Crippen LogP contribution in [0.25, 0.3) is 0 Å². The Hall–Kier alpha value is -2.12. The lowest BCUT2D eigenvalue weighted by Gasteiger charge is -2.27. The smallest absolute Gasteiger partial charge is 0.274 e. The van der Waals surface area contributed by atoms with Gasteiger partial charge >= 0.3 is 0 Å². The van der Waals surface area contributed by atoms with E-state index >= 15 is 0 Å². The number of rotatable bonds is 3. The SMILES string of the molecule is C[C@@H]1N=C(N)SCC1c1ccncc1NC(=O)c1ccc(Cl)cn1. The van der Waals surface area contributed by atoms with Gasteiger partial charge in [-0.3, -0.25) is 14.8 Å². The monoisotopic (exact) mass is 361 g/mol. The summed E-state index contributed by atoms with van der Waals surface area (Å²) in [5.41, 5.74) is 7.73. The van der Waals surface area contributed by atoms with Crippen molar-refractivity contribution in [2.24, 2.45) is 10.7 Å². The number of thioether (sulfide) groups is 1. The molecule has 8 heteroatoms. The van der Waals surface area contributed by atoms with Gasteiger partial charge in [0.1, 0.15) is 5.69 Å². The number of anilines is 1. The van der Waals surface area contributed by atoms with E-state index in [1.165, 1.54) is 18.0 Å². The van der Waals surface area contributed by atoms with Crippen LogP contribution in [0.4, 0.5) is 5.69 Å². The molecule has 0 aromatic carbocycles. The van der Waals surface area contributed by atoms with E-state index in [0.717, 1.165) is 11.3 Å². The Morgan fingerprint density at radius 1 is 1.38 bits per heavy atom. The number of nitrogens with two attached hydrogens (primary N) is 1. The highest BCUT2D eigenvalue weighted by Crippen LogP contribution is 2.34.